The fourth-order valence-electron chi connectivity index (χ4n) is 3.29. The normalized spacial score (nSPS) is 18.9. The van der Waals surface area contributed by atoms with Gasteiger partial charge in [0.25, 0.3) is 0 Å². The second-order valence-corrected chi connectivity index (χ2v) is 9.75. The van der Waals surface area contributed by atoms with Crippen molar-refractivity contribution in [3.8, 4) is 11.1 Å². The van der Waals surface area contributed by atoms with Crippen LogP contribution in [0, 0.1) is 0 Å². The molecule has 0 aromatic carbocycles. The first-order valence-electron chi connectivity index (χ1n) is 9.32. The lowest BCUT2D eigenvalue weighted by Crippen LogP contribution is -2.25. The molecule has 0 aliphatic carbocycles. The highest BCUT2D eigenvalue weighted by Crippen LogP contribution is 2.38. The minimum atomic E-state index is -4.48. The summed E-state index contributed by atoms with van der Waals surface area (Å²) >= 11 is -0.843. The zero-order valence-corrected chi connectivity index (χ0v) is 18.4. The molecule has 1 saturated heterocycles. The average molecular weight is 543 g/mol. The number of nitrogens with zero attached hydrogens (tertiary/aromatic N) is 4. The minimum Gasteiger partial charge on any atom is -0.352 e. The molecule has 162 valence electrons. The number of nitrogens with one attached hydrogen (secondary N) is 1. The first-order chi connectivity index (χ1) is 14.8. The SMILES string of the molecule is C=IC1(F)CCN(c2cc(-c3cccnc3)cc(Nc3cc(C(F)(F)F)ccn3)n2)C1. The summed E-state index contributed by atoms with van der Waals surface area (Å²) < 4.78 is 56.4. The largest absolute Gasteiger partial charge is 0.416 e. The summed E-state index contributed by atoms with van der Waals surface area (Å²) in [7, 11) is 0. The topological polar surface area (TPSA) is 53.9 Å². The first kappa shape index (κ1) is 21.6. The molecule has 0 spiro atoms. The molecule has 5 nitrogen and oxygen atoms in total. The summed E-state index contributed by atoms with van der Waals surface area (Å²) in [5.74, 6) is 0.859. The van der Waals surface area contributed by atoms with Crippen molar-refractivity contribution in [1.82, 2.24) is 15.0 Å². The third-order valence-electron chi connectivity index (χ3n) is 4.88. The summed E-state index contributed by atoms with van der Waals surface area (Å²) in [6.45, 7) is 0.699. The molecule has 0 saturated carbocycles. The Balaban J connectivity index is 1.71. The Morgan fingerprint density at radius 3 is 2.61 bits per heavy atom. The van der Waals surface area contributed by atoms with Crippen LogP contribution in [0.15, 0.2) is 55.0 Å². The van der Waals surface area contributed by atoms with E-state index in [9.17, 15) is 17.6 Å². The number of alkyl halides is 5. The molecule has 1 atom stereocenters. The lowest BCUT2D eigenvalue weighted by atomic mass is 10.1. The molecule has 1 fully saturated rings. The summed E-state index contributed by atoms with van der Waals surface area (Å²) in [5.41, 5.74) is 0.754. The van der Waals surface area contributed by atoms with E-state index in [1.54, 1.807) is 24.5 Å². The molecule has 31 heavy (non-hydrogen) atoms. The van der Waals surface area contributed by atoms with Crippen LogP contribution in [0.1, 0.15) is 12.0 Å². The van der Waals surface area contributed by atoms with Crippen LogP contribution in [0.4, 0.5) is 35.0 Å². The maximum Gasteiger partial charge on any atom is 0.416 e. The smallest absolute Gasteiger partial charge is 0.352 e. The Morgan fingerprint density at radius 2 is 1.94 bits per heavy atom. The Hall–Kier alpha value is -2.63. The second kappa shape index (κ2) is 8.48. The van der Waals surface area contributed by atoms with Crippen molar-refractivity contribution in [3.05, 3.63) is 60.6 Å². The van der Waals surface area contributed by atoms with E-state index in [4.69, 9.17) is 0 Å². The first-order valence-corrected chi connectivity index (χ1v) is 11.9. The Labute approximate surface area is 186 Å². The third kappa shape index (κ3) is 5.00. The molecule has 0 radical (unpaired) electrons. The number of aromatic nitrogens is 3. The van der Waals surface area contributed by atoms with Crippen LogP contribution in [0.2, 0.25) is 0 Å². The lowest BCUT2D eigenvalue weighted by molar-refractivity contribution is -0.137. The average Bonchev–Trinajstić information content (AvgIpc) is 3.17. The maximum absolute atomic E-state index is 14.8. The Kier molecular flexibility index (Phi) is 5.91. The van der Waals surface area contributed by atoms with Crippen LogP contribution in [0.3, 0.4) is 0 Å². The van der Waals surface area contributed by atoms with Crippen LogP contribution in [-0.4, -0.2) is 36.2 Å². The van der Waals surface area contributed by atoms with Crippen molar-refractivity contribution in [3.63, 3.8) is 0 Å². The molecule has 1 aliphatic rings. The molecule has 4 heterocycles. The zero-order chi connectivity index (χ0) is 22.1. The van der Waals surface area contributed by atoms with Gasteiger partial charge in [-0.25, -0.2) is 14.4 Å². The summed E-state index contributed by atoms with van der Waals surface area (Å²) in [6, 6.07) is 9.01. The van der Waals surface area contributed by atoms with Gasteiger partial charge < -0.3 is 10.2 Å². The lowest BCUT2D eigenvalue weighted by Gasteiger charge is -2.20. The van der Waals surface area contributed by atoms with Gasteiger partial charge in [0.05, 0.1) is 12.1 Å². The molecule has 10 heteroatoms. The van der Waals surface area contributed by atoms with Crippen LogP contribution in [-0.2, 0) is 6.18 Å². The highest BCUT2D eigenvalue weighted by molar-refractivity contribution is 14.2. The van der Waals surface area contributed by atoms with Gasteiger partial charge in [-0.3, -0.25) is 4.98 Å². The third-order valence-corrected chi connectivity index (χ3v) is 7.13. The van der Waals surface area contributed by atoms with E-state index in [0.29, 0.717) is 24.6 Å². The number of hydrogen-bond donors (Lipinski definition) is 1. The van der Waals surface area contributed by atoms with E-state index in [0.717, 1.165) is 29.5 Å². The van der Waals surface area contributed by atoms with Crippen molar-refractivity contribution < 1.29 is 17.6 Å². The van der Waals surface area contributed by atoms with Crippen LogP contribution >= 0.6 is 20.7 Å². The second-order valence-electron chi connectivity index (χ2n) is 7.05. The minimum absolute atomic E-state index is 0.0153. The molecule has 4 rings (SSSR count). The van der Waals surface area contributed by atoms with Gasteiger partial charge in [0.2, 0.25) is 0 Å². The molecule has 1 unspecified atom stereocenters. The number of hydrogen-bond acceptors (Lipinski definition) is 5. The van der Waals surface area contributed by atoms with Gasteiger partial charge in [0.1, 0.15) is 17.5 Å². The molecule has 0 amide bonds. The summed E-state index contributed by atoms with van der Waals surface area (Å²) in [4.78, 5) is 14.5. The van der Waals surface area contributed by atoms with E-state index in [1.165, 1.54) is 0 Å². The van der Waals surface area contributed by atoms with Crippen molar-refractivity contribution in [2.75, 3.05) is 23.3 Å². The van der Waals surface area contributed by atoms with E-state index in [2.05, 4.69) is 24.8 Å². The van der Waals surface area contributed by atoms with E-state index in [-0.39, 0.29) is 12.4 Å². The molecular formula is C21H18F4IN5. The molecule has 3 aromatic rings. The van der Waals surface area contributed by atoms with Gasteiger partial charge in [-0.05, 0) is 35.9 Å². The molecule has 1 N–H and O–H groups in total. The summed E-state index contributed by atoms with van der Waals surface area (Å²) in [5, 5.41) is 2.86. The molecule has 0 bridgehead atoms. The van der Waals surface area contributed by atoms with Gasteiger partial charge in [0, 0.05) is 37.1 Å². The van der Waals surface area contributed by atoms with Crippen molar-refractivity contribution >= 4 is 42.7 Å². The van der Waals surface area contributed by atoms with Gasteiger partial charge in [-0.2, -0.15) is 13.2 Å². The predicted molar refractivity (Wildman–Crippen MR) is 122 cm³/mol. The van der Waals surface area contributed by atoms with Crippen molar-refractivity contribution in [1.29, 1.82) is 0 Å². The quantitative estimate of drug-likeness (QED) is 0.259. The van der Waals surface area contributed by atoms with Gasteiger partial charge in [-0.15, -0.1) is 0 Å². The van der Waals surface area contributed by atoms with Crippen LogP contribution in [0.25, 0.3) is 11.1 Å². The maximum atomic E-state index is 14.8. The Bertz CT molecular complexity index is 1090. The fourth-order valence-corrected chi connectivity index (χ4v) is 4.56. The number of anilines is 3. The van der Waals surface area contributed by atoms with Gasteiger partial charge in [0.15, 0.2) is 3.68 Å². The number of rotatable bonds is 5. The Morgan fingerprint density at radius 1 is 1.10 bits per heavy atom. The molecule has 3 aromatic heterocycles. The van der Waals surface area contributed by atoms with E-state index in [1.807, 2.05) is 17.0 Å². The summed E-state index contributed by atoms with van der Waals surface area (Å²) in [6.07, 6.45) is 0.323. The molecule has 1 aliphatic heterocycles. The van der Waals surface area contributed by atoms with E-state index >= 15 is 0 Å². The monoisotopic (exact) mass is 543 g/mol. The number of halogens is 5. The van der Waals surface area contributed by atoms with E-state index < -0.39 is 36.1 Å². The van der Waals surface area contributed by atoms with Crippen molar-refractivity contribution in [2.45, 2.75) is 16.3 Å². The van der Waals surface area contributed by atoms with Crippen LogP contribution in [0.5, 0.6) is 0 Å². The van der Waals surface area contributed by atoms with Gasteiger partial charge in [-0.1, -0.05) is 31.3 Å². The predicted octanol–water partition coefficient (Wildman–Crippen LogP) is 5.58. The standard InChI is InChI=1S/C21H18F4IN5/c1-26-20(22)5-8-31(13-20)19-10-15(14-3-2-6-27-12-14)9-18(30-19)29-17-11-16(4-7-28-17)21(23,24)25/h2-4,6-7,9-12H,1,5,8,13H2,(H,28,29,30). The fraction of sp³-hybridized carbons (Fsp3) is 0.238. The van der Waals surface area contributed by atoms with Crippen molar-refractivity contribution in [2.24, 2.45) is 0 Å². The van der Waals surface area contributed by atoms with Gasteiger partial charge >= 0.3 is 6.18 Å². The number of pyridine rings is 3. The van der Waals surface area contributed by atoms with Crippen LogP contribution < -0.4 is 10.2 Å². The zero-order valence-electron chi connectivity index (χ0n) is 16.2. The molecular weight excluding hydrogens is 525 g/mol. The highest BCUT2D eigenvalue weighted by atomic mass is 127. The highest BCUT2D eigenvalue weighted by Gasteiger charge is 2.37.